The summed E-state index contributed by atoms with van der Waals surface area (Å²) in [5, 5.41) is 2.78. The van der Waals surface area contributed by atoms with Gasteiger partial charge in [-0.25, -0.2) is 8.42 Å². The number of carbonyl (C=O) groups is 1. The lowest BCUT2D eigenvalue weighted by Gasteiger charge is -2.10. The van der Waals surface area contributed by atoms with E-state index in [4.69, 9.17) is 9.47 Å². The first-order valence-electron chi connectivity index (χ1n) is 9.18. The number of benzene rings is 2. The van der Waals surface area contributed by atoms with E-state index < -0.39 is 10.0 Å². The fourth-order valence-corrected chi connectivity index (χ4v) is 3.47. The van der Waals surface area contributed by atoms with Gasteiger partial charge < -0.3 is 14.8 Å². The summed E-state index contributed by atoms with van der Waals surface area (Å²) in [6, 6.07) is 12.5. The van der Waals surface area contributed by atoms with E-state index in [2.05, 4.69) is 10.0 Å². The number of rotatable bonds is 11. The van der Waals surface area contributed by atoms with Gasteiger partial charge in [-0.05, 0) is 68.8 Å². The van der Waals surface area contributed by atoms with Crippen LogP contribution >= 0.6 is 0 Å². The Labute approximate surface area is 166 Å². The second kappa shape index (κ2) is 10.7. The average Bonchev–Trinajstić information content (AvgIpc) is 2.69. The molecule has 2 N–H and O–H groups in total. The van der Waals surface area contributed by atoms with Crippen LogP contribution in [-0.2, 0) is 14.8 Å². The Balaban J connectivity index is 1.96. The van der Waals surface area contributed by atoms with Gasteiger partial charge in [0.15, 0.2) is 0 Å². The summed E-state index contributed by atoms with van der Waals surface area (Å²) < 4.78 is 38.1. The molecular weight excluding hydrogens is 380 g/mol. The predicted molar refractivity (Wildman–Crippen MR) is 108 cm³/mol. The van der Waals surface area contributed by atoms with Crippen LogP contribution in [-0.4, -0.2) is 40.7 Å². The molecule has 0 heterocycles. The molecule has 0 spiro atoms. The van der Waals surface area contributed by atoms with E-state index in [9.17, 15) is 13.2 Å². The molecule has 0 aliphatic heterocycles. The van der Waals surface area contributed by atoms with Gasteiger partial charge in [0.1, 0.15) is 5.75 Å². The zero-order valence-corrected chi connectivity index (χ0v) is 16.9. The third-order valence-corrected chi connectivity index (χ3v) is 5.20. The summed E-state index contributed by atoms with van der Waals surface area (Å²) in [5.74, 6) is 0.419. The van der Waals surface area contributed by atoms with Crippen LogP contribution in [0.4, 0.5) is 5.69 Å². The lowest BCUT2D eigenvalue weighted by Crippen LogP contribution is -2.25. The maximum atomic E-state index is 12.5. The fourth-order valence-electron chi connectivity index (χ4n) is 2.41. The summed E-state index contributed by atoms with van der Waals surface area (Å²) in [6.45, 7) is 6.07. The van der Waals surface area contributed by atoms with Crippen LogP contribution in [0.25, 0.3) is 0 Å². The molecule has 7 nitrogen and oxygen atoms in total. The minimum absolute atomic E-state index is 0.0780. The number of ether oxygens (including phenoxy) is 2. The van der Waals surface area contributed by atoms with Gasteiger partial charge in [0.05, 0.1) is 11.5 Å². The van der Waals surface area contributed by atoms with Crippen molar-refractivity contribution >= 4 is 21.6 Å². The number of hydrogen-bond donors (Lipinski definition) is 2. The van der Waals surface area contributed by atoms with Gasteiger partial charge in [-0.1, -0.05) is 0 Å². The van der Waals surface area contributed by atoms with E-state index in [0.717, 1.165) is 6.42 Å². The fraction of sp³-hybridized carbons (Fsp3) is 0.350. The largest absolute Gasteiger partial charge is 0.494 e. The van der Waals surface area contributed by atoms with Crippen molar-refractivity contribution in [2.45, 2.75) is 25.2 Å². The Hall–Kier alpha value is -2.58. The van der Waals surface area contributed by atoms with Crippen LogP contribution in [0.5, 0.6) is 5.75 Å². The normalized spacial score (nSPS) is 11.1. The minimum Gasteiger partial charge on any atom is -0.494 e. The Kier molecular flexibility index (Phi) is 8.28. The Morgan fingerprint density at radius 2 is 1.64 bits per heavy atom. The standard InChI is InChI=1S/C20H26N2O5S/c1-3-26-15-5-14-21-20(23)16-6-12-19(13-7-16)28(24,25)22-17-8-10-18(11-9-17)27-4-2/h6-13,22H,3-5,14-15H2,1-2H3,(H,21,23). The molecule has 0 atom stereocenters. The molecule has 8 heteroatoms. The minimum atomic E-state index is -3.75. The molecule has 0 aliphatic rings. The molecule has 2 aromatic rings. The second-order valence-electron chi connectivity index (χ2n) is 5.89. The zero-order valence-electron chi connectivity index (χ0n) is 16.1. The van der Waals surface area contributed by atoms with Gasteiger partial charge >= 0.3 is 0 Å². The Morgan fingerprint density at radius 1 is 0.964 bits per heavy atom. The van der Waals surface area contributed by atoms with Gasteiger partial charge in [0.25, 0.3) is 15.9 Å². The zero-order chi connectivity index (χ0) is 20.4. The van der Waals surface area contributed by atoms with E-state index >= 15 is 0 Å². The third-order valence-electron chi connectivity index (χ3n) is 3.80. The molecule has 0 radical (unpaired) electrons. The van der Waals surface area contributed by atoms with Crippen LogP contribution in [0.1, 0.15) is 30.6 Å². The molecule has 0 saturated heterocycles. The van der Waals surface area contributed by atoms with Crippen LogP contribution < -0.4 is 14.8 Å². The summed E-state index contributed by atoms with van der Waals surface area (Å²) in [6.07, 6.45) is 0.720. The SMILES string of the molecule is CCOCCCNC(=O)c1ccc(S(=O)(=O)Nc2ccc(OCC)cc2)cc1. The number of carbonyl (C=O) groups excluding carboxylic acids is 1. The van der Waals surface area contributed by atoms with Crippen molar-refractivity contribution in [2.24, 2.45) is 0 Å². The quantitative estimate of drug-likeness (QED) is 0.560. The van der Waals surface area contributed by atoms with Crippen molar-refractivity contribution in [2.75, 3.05) is 31.1 Å². The van der Waals surface area contributed by atoms with Crippen molar-refractivity contribution in [3.8, 4) is 5.75 Å². The molecular formula is C20H26N2O5S. The van der Waals surface area contributed by atoms with E-state index in [1.807, 2.05) is 13.8 Å². The third kappa shape index (κ3) is 6.54. The smallest absolute Gasteiger partial charge is 0.261 e. The highest BCUT2D eigenvalue weighted by molar-refractivity contribution is 7.92. The first-order valence-corrected chi connectivity index (χ1v) is 10.7. The van der Waals surface area contributed by atoms with E-state index in [-0.39, 0.29) is 10.8 Å². The molecule has 0 aromatic heterocycles. The molecule has 152 valence electrons. The first-order chi connectivity index (χ1) is 13.5. The molecule has 1 amide bonds. The summed E-state index contributed by atoms with van der Waals surface area (Å²) in [7, 11) is -3.75. The summed E-state index contributed by atoms with van der Waals surface area (Å²) in [4.78, 5) is 12.2. The highest BCUT2D eigenvalue weighted by atomic mass is 32.2. The van der Waals surface area contributed by atoms with Gasteiger partial charge in [-0.15, -0.1) is 0 Å². The molecule has 0 fully saturated rings. The van der Waals surface area contributed by atoms with E-state index in [1.165, 1.54) is 24.3 Å². The van der Waals surface area contributed by atoms with Crippen LogP contribution in [0, 0.1) is 0 Å². The van der Waals surface area contributed by atoms with Gasteiger partial charge in [-0.3, -0.25) is 9.52 Å². The second-order valence-corrected chi connectivity index (χ2v) is 7.58. The maximum Gasteiger partial charge on any atom is 0.261 e. The number of sulfonamides is 1. The monoisotopic (exact) mass is 406 g/mol. The predicted octanol–water partition coefficient (Wildman–Crippen LogP) is 3.04. The van der Waals surface area contributed by atoms with Crippen LogP contribution in [0.3, 0.4) is 0 Å². The molecule has 2 rings (SSSR count). The molecule has 0 bridgehead atoms. The highest BCUT2D eigenvalue weighted by Gasteiger charge is 2.15. The number of anilines is 1. The maximum absolute atomic E-state index is 12.5. The van der Waals surface area contributed by atoms with Crippen molar-refractivity contribution < 1.29 is 22.7 Å². The van der Waals surface area contributed by atoms with Crippen molar-refractivity contribution in [1.82, 2.24) is 5.32 Å². The van der Waals surface area contributed by atoms with Crippen molar-refractivity contribution in [3.05, 3.63) is 54.1 Å². The summed E-state index contributed by atoms with van der Waals surface area (Å²) in [5.41, 5.74) is 0.830. The topological polar surface area (TPSA) is 93.7 Å². The molecule has 2 aromatic carbocycles. The number of amides is 1. The lowest BCUT2D eigenvalue weighted by molar-refractivity contribution is 0.0944. The lowest BCUT2D eigenvalue weighted by atomic mass is 10.2. The van der Waals surface area contributed by atoms with Gasteiger partial charge in [0, 0.05) is 31.0 Å². The van der Waals surface area contributed by atoms with E-state index in [0.29, 0.717) is 43.4 Å². The van der Waals surface area contributed by atoms with E-state index in [1.54, 1.807) is 24.3 Å². The molecule has 0 aliphatic carbocycles. The molecule has 28 heavy (non-hydrogen) atoms. The summed E-state index contributed by atoms with van der Waals surface area (Å²) >= 11 is 0. The Morgan fingerprint density at radius 3 is 2.25 bits per heavy atom. The molecule has 0 unspecified atom stereocenters. The van der Waals surface area contributed by atoms with Gasteiger partial charge in [0.2, 0.25) is 0 Å². The van der Waals surface area contributed by atoms with Crippen LogP contribution in [0.15, 0.2) is 53.4 Å². The average molecular weight is 407 g/mol. The number of nitrogens with one attached hydrogen (secondary N) is 2. The van der Waals surface area contributed by atoms with Crippen molar-refractivity contribution in [1.29, 1.82) is 0 Å². The highest BCUT2D eigenvalue weighted by Crippen LogP contribution is 2.20. The van der Waals surface area contributed by atoms with Crippen molar-refractivity contribution in [3.63, 3.8) is 0 Å². The first kappa shape index (κ1) is 21.7. The number of hydrogen-bond acceptors (Lipinski definition) is 5. The van der Waals surface area contributed by atoms with Crippen LogP contribution in [0.2, 0.25) is 0 Å². The van der Waals surface area contributed by atoms with Gasteiger partial charge in [-0.2, -0.15) is 0 Å². The molecule has 0 saturated carbocycles. The Bertz CT molecular complexity index is 849.